The Morgan fingerprint density at radius 3 is 2.83 bits per heavy atom. The van der Waals surface area contributed by atoms with E-state index in [9.17, 15) is 9.59 Å². The van der Waals surface area contributed by atoms with Gasteiger partial charge in [0.15, 0.2) is 11.6 Å². The van der Waals surface area contributed by atoms with E-state index in [0.717, 1.165) is 55.4 Å². The Hall–Kier alpha value is -3.46. The van der Waals surface area contributed by atoms with Gasteiger partial charge < -0.3 is 19.9 Å². The molecule has 1 saturated carbocycles. The molecule has 2 aliphatic heterocycles. The molecule has 35 heavy (non-hydrogen) atoms. The number of aryl methyl sites for hydroxylation is 1. The first-order valence-electron chi connectivity index (χ1n) is 12.2. The third-order valence-electron chi connectivity index (χ3n) is 7.70. The van der Waals surface area contributed by atoms with Crippen LogP contribution in [0.2, 0.25) is 0 Å². The molecule has 2 atom stereocenters. The topological polar surface area (TPSA) is 90.6 Å². The molecular formula is C26H28FN5O3. The first-order valence-corrected chi connectivity index (χ1v) is 12.2. The Morgan fingerprint density at radius 1 is 1.23 bits per heavy atom. The number of nitrogens with zero attached hydrogens (tertiary/aromatic N) is 3. The van der Waals surface area contributed by atoms with Gasteiger partial charge in [0.25, 0.3) is 11.5 Å². The van der Waals surface area contributed by atoms with Crippen molar-refractivity contribution in [1.82, 2.24) is 20.2 Å². The van der Waals surface area contributed by atoms with E-state index in [1.54, 1.807) is 19.3 Å². The Bertz CT molecular complexity index is 1360. The van der Waals surface area contributed by atoms with Gasteiger partial charge in [-0.25, -0.2) is 9.37 Å². The average Bonchev–Trinajstić information content (AvgIpc) is 2.87. The highest BCUT2D eigenvalue weighted by Gasteiger charge is 2.43. The molecule has 1 amide bonds. The summed E-state index contributed by atoms with van der Waals surface area (Å²) in [5.41, 5.74) is 2.74. The fourth-order valence-corrected chi connectivity index (χ4v) is 5.74. The number of H-pyrrole nitrogens is 1. The fourth-order valence-electron chi connectivity index (χ4n) is 5.74. The van der Waals surface area contributed by atoms with Gasteiger partial charge in [-0.2, -0.15) is 0 Å². The maximum absolute atomic E-state index is 15.6. The molecule has 0 bridgehead atoms. The summed E-state index contributed by atoms with van der Waals surface area (Å²) >= 11 is 0. The zero-order valence-electron chi connectivity index (χ0n) is 19.6. The lowest BCUT2D eigenvalue weighted by atomic mass is 9.81. The van der Waals surface area contributed by atoms with Gasteiger partial charge >= 0.3 is 0 Å². The first-order chi connectivity index (χ1) is 17.0. The molecule has 8 nitrogen and oxygen atoms in total. The Labute approximate surface area is 202 Å². The van der Waals surface area contributed by atoms with Crippen LogP contribution in [0, 0.1) is 5.82 Å². The van der Waals surface area contributed by atoms with E-state index in [1.165, 1.54) is 0 Å². The Balaban J connectivity index is 1.22. The summed E-state index contributed by atoms with van der Waals surface area (Å²) < 4.78 is 21.2. The second-order valence-corrected chi connectivity index (χ2v) is 9.53. The number of piperazine rings is 1. The zero-order valence-corrected chi connectivity index (χ0v) is 19.6. The lowest BCUT2D eigenvalue weighted by molar-refractivity contribution is 0.0650. The quantitative estimate of drug-likeness (QED) is 0.601. The van der Waals surface area contributed by atoms with Crippen molar-refractivity contribution in [1.29, 1.82) is 0 Å². The number of fused-ring (bicyclic) bond motifs is 4. The van der Waals surface area contributed by atoms with Crippen molar-refractivity contribution >= 4 is 22.5 Å². The van der Waals surface area contributed by atoms with Gasteiger partial charge in [-0.1, -0.05) is 12.1 Å². The number of rotatable bonds is 4. The monoisotopic (exact) mass is 477 g/mol. The van der Waals surface area contributed by atoms with E-state index < -0.39 is 0 Å². The summed E-state index contributed by atoms with van der Waals surface area (Å²) in [6.45, 7) is 2.62. The van der Waals surface area contributed by atoms with Crippen LogP contribution in [-0.4, -0.2) is 59.6 Å². The average molecular weight is 478 g/mol. The van der Waals surface area contributed by atoms with Crippen LogP contribution in [0.4, 0.5) is 10.1 Å². The molecular weight excluding hydrogens is 449 g/mol. The molecule has 2 aromatic heterocycles. The molecule has 1 aromatic carbocycles. The van der Waals surface area contributed by atoms with Gasteiger partial charge in [0, 0.05) is 55.3 Å². The normalized spacial score (nSPS) is 21.6. The number of pyridine rings is 2. The highest BCUT2D eigenvalue weighted by Crippen LogP contribution is 2.38. The van der Waals surface area contributed by atoms with Crippen molar-refractivity contribution in [3.05, 3.63) is 63.5 Å². The van der Waals surface area contributed by atoms with Crippen LogP contribution in [0.1, 0.15) is 40.9 Å². The number of hydrogen-bond donors (Lipinski definition) is 2. The maximum Gasteiger partial charge on any atom is 0.291 e. The van der Waals surface area contributed by atoms with Crippen LogP contribution in [0.3, 0.4) is 0 Å². The van der Waals surface area contributed by atoms with Gasteiger partial charge in [-0.05, 0) is 37.8 Å². The summed E-state index contributed by atoms with van der Waals surface area (Å²) in [5, 5.41) is 3.33. The Kier molecular flexibility index (Phi) is 5.44. The van der Waals surface area contributed by atoms with Crippen LogP contribution >= 0.6 is 0 Å². The number of halogens is 1. The molecule has 182 valence electrons. The van der Waals surface area contributed by atoms with Crippen molar-refractivity contribution in [2.75, 3.05) is 31.6 Å². The van der Waals surface area contributed by atoms with Crippen molar-refractivity contribution < 1.29 is 13.9 Å². The fraction of sp³-hybridized carbons (Fsp3) is 0.423. The van der Waals surface area contributed by atoms with E-state index >= 15 is 4.39 Å². The molecule has 0 radical (unpaired) electrons. The molecule has 2 fully saturated rings. The van der Waals surface area contributed by atoms with E-state index in [4.69, 9.17) is 4.74 Å². The summed E-state index contributed by atoms with van der Waals surface area (Å²) in [6.07, 6.45) is 5.44. The van der Waals surface area contributed by atoms with Crippen molar-refractivity contribution in [2.24, 2.45) is 0 Å². The number of carbonyl (C=O) groups excluding carboxylic acids is 1. The van der Waals surface area contributed by atoms with Gasteiger partial charge in [0.1, 0.15) is 5.69 Å². The van der Waals surface area contributed by atoms with Crippen molar-refractivity contribution in [3.63, 3.8) is 0 Å². The molecule has 1 saturated heterocycles. The van der Waals surface area contributed by atoms with E-state index in [1.807, 2.05) is 18.2 Å². The van der Waals surface area contributed by atoms with Gasteiger partial charge in [-0.3, -0.25) is 14.5 Å². The third kappa shape index (κ3) is 3.65. The number of benzene rings is 1. The van der Waals surface area contributed by atoms with E-state index in [0.29, 0.717) is 42.2 Å². The minimum Gasteiger partial charge on any atom is -0.488 e. The lowest BCUT2D eigenvalue weighted by Crippen LogP contribution is -2.64. The molecule has 3 aromatic rings. The second-order valence-electron chi connectivity index (χ2n) is 9.53. The highest BCUT2D eigenvalue weighted by molar-refractivity contribution is 5.92. The molecule has 6 rings (SSSR count). The third-order valence-corrected chi connectivity index (χ3v) is 7.70. The van der Waals surface area contributed by atoms with Gasteiger partial charge in [-0.15, -0.1) is 0 Å². The van der Waals surface area contributed by atoms with Gasteiger partial charge in [0.2, 0.25) is 0 Å². The first kappa shape index (κ1) is 22.0. The smallest absolute Gasteiger partial charge is 0.291 e. The number of hydrogen-bond acceptors (Lipinski definition) is 6. The number of aromatic amines is 1. The van der Waals surface area contributed by atoms with Crippen molar-refractivity contribution in [3.8, 4) is 5.75 Å². The summed E-state index contributed by atoms with van der Waals surface area (Å²) in [7, 11) is 1.59. The minimum atomic E-state index is -0.355. The van der Waals surface area contributed by atoms with Crippen LogP contribution in [-0.2, 0) is 13.0 Å². The molecule has 1 aliphatic carbocycles. The van der Waals surface area contributed by atoms with Crippen molar-refractivity contribution in [2.45, 2.75) is 44.3 Å². The predicted octanol–water partition coefficient (Wildman–Crippen LogP) is 2.60. The molecule has 4 heterocycles. The summed E-state index contributed by atoms with van der Waals surface area (Å²) in [5.74, 6) is -0.211. The lowest BCUT2D eigenvalue weighted by Gasteiger charge is -2.54. The Morgan fingerprint density at radius 2 is 2.09 bits per heavy atom. The second kappa shape index (κ2) is 8.64. The van der Waals surface area contributed by atoms with Crippen LogP contribution in [0.15, 0.2) is 35.3 Å². The standard InChI is InChI=1S/C26H28FN5O3/c1-28-25(33)19-7-5-16(13-29-19)32-11-10-31(20-8-9-21(20)32)14-15-4-6-17-18-3-2-12-35-24(18)26(34)30-23(17)22(15)27/h4-7,13,20-21H,2-3,8-12,14H2,1H3,(H,28,33)(H,30,34). The molecule has 2 N–H and O–H groups in total. The maximum atomic E-state index is 15.6. The zero-order chi connectivity index (χ0) is 24.1. The predicted molar refractivity (Wildman–Crippen MR) is 131 cm³/mol. The van der Waals surface area contributed by atoms with Crippen LogP contribution in [0.5, 0.6) is 5.75 Å². The SMILES string of the molecule is CNC(=O)c1ccc(N2CCN(Cc3ccc4c5c(c(=O)[nH]c4c3F)OCCC5)C3CCC32)cn1. The molecule has 9 heteroatoms. The van der Waals surface area contributed by atoms with E-state index in [-0.39, 0.29) is 22.8 Å². The summed E-state index contributed by atoms with van der Waals surface area (Å²) in [6, 6.07) is 8.14. The number of aromatic nitrogens is 2. The van der Waals surface area contributed by atoms with E-state index in [2.05, 4.69) is 25.1 Å². The highest BCUT2D eigenvalue weighted by atomic mass is 19.1. The van der Waals surface area contributed by atoms with Gasteiger partial charge in [0.05, 0.1) is 24.0 Å². The summed E-state index contributed by atoms with van der Waals surface area (Å²) in [4.78, 5) is 36.0. The number of ether oxygens (including phenoxy) is 1. The number of amides is 1. The largest absolute Gasteiger partial charge is 0.488 e. The van der Waals surface area contributed by atoms with Crippen LogP contribution < -0.4 is 20.5 Å². The number of anilines is 1. The van der Waals surface area contributed by atoms with Crippen LogP contribution in [0.25, 0.3) is 10.9 Å². The minimum absolute atomic E-state index is 0.199. The molecule has 0 spiro atoms. The number of carbonyl (C=O) groups is 1. The molecule has 3 aliphatic rings. The number of nitrogens with one attached hydrogen (secondary N) is 2. The molecule has 2 unspecified atom stereocenters.